The van der Waals surface area contributed by atoms with Gasteiger partial charge in [0.25, 0.3) is 0 Å². The van der Waals surface area contributed by atoms with Crippen LogP contribution in [0.15, 0.2) is 60.9 Å². The first-order valence-electron chi connectivity index (χ1n) is 12.7. The van der Waals surface area contributed by atoms with Gasteiger partial charge in [-0.3, -0.25) is 4.79 Å². The number of anilines is 1. The number of fused-ring (bicyclic) bond motifs is 1. The van der Waals surface area contributed by atoms with E-state index in [9.17, 15) is 4.79 Å². The van der Waals surface area contributed by atoms with Crippen molar-refractivity contribution < 1.29 is 9.53 Å². The molecule has 0 atom stereocenters. The fraction of sp³-hybridized carbons (Fsp3) is 0.357. The molecule has 2 aliphatic rings. The Morgan fingerprint density at radius 1 is 0.833 bits per heavy atom. The molecule has 8 heteroatoms. The Bertz CT molecular complexity index is 1350. The molecule has 2 aromatic heterocycles. The van der Waals surface area contributed by atoms with E-state index in [2.05, 4.69) is 19.5 Å². The van der Waals surface area contributed by atoms with Crippen LogP contribution >= 0.6 is 0 Å². The van der Waals surface area contributed by atoms with Crippen LogP contribution < -0.4 is 10.5 Å². The average Bonchev–Trinajstić information content (AvgIpc) is 3.31. The lowest BCUT2D eigenvalue weighted by atomic mass is 9.91. The van der Waals surface area contributed by atoms with Crippen molar-refractivity contribution in [2.75, 3.05) is 18.8 Å². The predicted molar refractivity (Wildman–Crippen MR) is 139 cm³/mol. The molecule has 1 aliphatic heterocycles. The monoisotopic (exact) mass is 482 g/mol. The van der Waals surface area contributed by atoms with E-state index in [0.29, 0.717) is 17.6 Å². The summed E-state index contributed by atoms with van der Waals surface area (Å²) < 4.78 is 8.00. The molecule has 6 rings (SSSR count). The number of likely N-dealkylation sites (tertiary alicyclic amines) is 1. The smallest absolute Gasteiger partial charge is 0.164 e. The number of carbonyl (C=O) groups excluding carboxylic acids is 1. The number of para-hydroxylation sites is 1. The van der Waals surface area contributed by atoms with E-state index in [4.69, 9.17) is 15.6 Å². The highest BCUT2D eigenvalue weighted by atomic mass is 16.5. The van der Waals surface area contributed by atoms with Crippen LogP contribution in [0.25, 0.3) is 22.3 Å². The number of nitrogens with two attached hydrogens (primary N) is 1. The Hall–Kier alpha value is -3.78. The number of rotatable bonds is 5. The van der Waals surface area contributed by atoms with Crippen molar-refractivity contribution in [1.29, 1.82) is 0 Å². The van der Waals surface area contributed by atoms with Crippen molar-refractivity contribution in [3.05, 3.63) is 60.9 Å². The van der Waals surface area contributed by atoms with Crippen LogP contribution in [0, 0.1) is 0 Å². The van der Waals surface area contributed by atoms with E-state index in [1.807, 2.05) is 54.6 Å². The van der Waals surface area contributed by atoms with Gasteiger partial charge >= 0.3 is 0 Å². The molecule has 0 radical (unpaired) electrons. The molecule has 8 nitrogen and oxygen atoms in total. The second-order valence-corrected chi connectivity index (χ2v) is 9.73. The van der Waals surface area contributed by atoms with Crippen LogP contribution in [0.3, 0.4) is 0 Å². The number of piperidine rings is 1. The lowest BCUT2D eigenvalue weighted by molar-refractivity contribution is -0.121. The Labute approximate surface area is 210 Å². The molecule has 0 bridgehead atoms. The number of nitrogens with zero attached hydrogens (tertiary/aromatic N) is 5. The third-order valence-corrected chi connectivity index (χ3v) is 7.50. The zero-order chi connectivity index (χ0) is 24.5. The van der Waals surface area contributed by atoms with Crippen LogP contribution in [0.2, 0.25) is 0 Å². The zero-order valence-electron chi connectivity index (χ0n) is 20.2. The van der Waals surface area contributed by atoms with E-state index in [1.165, 1.54) is 6.33 Å². The molecular weight excluding hydrogens is 452 g/mol. The summed E-state index contributed by atoms with van der Waals surface area (Å²) in [7, 11) is 0. The number of hydrogen-bond acceptors (Lipinski definition) is 7. The van der Waals surface area contributed by atoms with Gasteiger partial charge in [-0.25, -0.2) is 14.6 Å². The van der Waals surface area contributed by atoms with E-state index < -0.39 is 0 Å². The molecule has 2 N–H and O–H groups in total. The maximum atomic E-state index is 11.6. The van der Waals surface area contributed by atoms with Gasteiger partial charge in [0.1, 0.15) is 35.1 Å². The summed E-state index contributed by atoms with van der Waals surface area (Å²) in [4.78, 5) is 23.0. The summed E-state index contributed by atoms with van der Waals surface area (Å²) >= 11 is 0. The number of aromatic nitrogens is 4. The van der Waals surface area contributed by atoms with Crippen molar-refractivity contribution in [3.8, 4) is 22.8 Å². The number of ether oxygens (including phenoxy) is 1. The topological polar surface area (TPSA) is 99.2 Å². The maximum Gasteiger partial charge on any atom is 0.164 e. The molecule has 4 aromatic rings. The summed E-state index contributed by atoms with van der Waals surface area (Å²) in [6.45, 7) is 2.01. The number of benzene rings is 2. The molecule has 1 aliphatic carbocycles. The third-order valence-electron chi connectivity index (χ3n) is 7.50. The molecule has 184 valence electrons. The minimum atomic E-state index is 0.248. The van der Waals surface area contributed by atoms with E-state index >= 15 is 0 Å². The second-order valence-electron chi connectivity index (χ2n) is 9.73. The highest BCUT2D eigenvalue weighted by molar-refractivity contribution is 5.98. The number of carbonyl (C=O) groups is 1. The van der Waals surface area contributed by atoms with Crippen molar-refractivity contribution in [3.63, 3.8) is 0 Å². The van der Waals surface area contributed by atoms with Crippen molar-refractivity contribution in [2.24, 2.45) is 0 Å². The van der Waals surface area contributed by atoms with Gasteiger partial charge in [-0.1, -0.05) is 18.2 Å². The van der Waals surface area contributed by atoms with Gasteiger partial charge in [0, 0.05) is 37.5 Å². The lowest BCUT2D eigenvalue weighted by Crippen LogP contribution is -2.43. The summed E-state index contributed by atoms with van der Waals surface area (Å²) in [6.07, 6.45) is 6.94. The molecule has 3 heterocycles. The molecule has 1 saturated carbocycles. The fourth-order valence-corrected chi connectivity index (χ4v) is 5.54. The molecule has 0 unspecified atom stereocenters. The first-order chi connectivity index (χ1) is 17.7. The number of ketones is 1. The first-order valence-corrected chi connectivity index (χ1v) is 12.7. The number of nitrogen functional groups attached to an aromatic ring is 1. The third kappa shape index (κ3) is 4.44. The van der Waals surface area contributed by atoms with E-state index in [-0.39, 0.29) is 6.04 Å². The van der Waals surface area contributed by atoms with Crippen LogP contribution in [-0.2, 0) is 4.79 Å². The Kier molecular flexibility index (Phi) is 6.11. The van der Waals surface area contributed by atoms with Gasteiger partial charge in [-0.2, -0.15) is 5.10 Å². The van der Waals surface area contributed by atoms with Crippen molar-refractivity contribution >= 4 is 22.6 Å². The van der Waals surface area contributed by atoms with Crippen molar-refractivity contribution in [1.82, 2.24) is 24.6 Å². The van der Waals surface area contributed by atoms with Gasteiger partial charge in [-0.05, 0) is 62.1 Å². The highest BCUT2D eigenvalue weighted by Gasteiger charge is 2.30. The highest BCUT2D eigenvalue weighted by Crippen LogP contribution is 2.36. The second kappa shape index (κ2) is 9.70. The normalized spacial score (nSPS) is 18.1. The SMILES string of the molecule is Nc1ncnc2c1c(-c1ccc(Oc3ccccc3)cc1)nn2C1CCN(C2CCC(=O)CC2)CC1. The minimum Gasteiger partial charge on any atom is -0.457 e. The summed E-state index contributed by atoms with van der Waals surface area (Å²) in [5.41, 5.74) is 8.86. The maximum absolute atomic E-state index is 11.6. The van der Waals surface area contributed by atoms with Gasteiger partial charge < -0.3 is 15.4 Å². The van der Waals surface area contributed by atoms with E-state index in [1.54, 1.807) is 0 Å². The number of hydrogen-bond donors (Lipinski definition) is 1. The predicted octanol–water partition coefficient (Wildman–Crippen LogP) is 5.02. The minimum absolute atomic E-state index is 0.248. The Morgan fingerprint density at radius 3 is 2.25 bits per heavy atom. The molecule has 0 spiro atoms. The van der Waals surface area contributed by atoms with E-state index in [0.717, 1.165) is 85.4 Å². The number of Topliss-reactive ketones (excluding diaryl/α,β-unsaturated/α-hetero) is 1. The van der Waals surface area contributed by atoms with Gasteiger partial charge in [0.15, 0.2) is 5.65 Å². The lowest BCUT2D eigenvalue weighted by Gasteiger charge is -2.39. The summed E-state index contributed by atoms with van der Waals surface area (Å²) in [6, 6.07) is 18.4. The van der Waals surface area contributed by atoms with Crippen LogP contribution in [0.4, 0.5) is 5.82 Å². The molecule has 36 heavy (non-hydrogen) atoms. The van der Waals surface area contributed by atoms with Crippen LogP contribution in [0.1, 0.15) is 44.6 Å². The largest absolute Gasteiger partial charge is 0.457 e. The zero-order valence-corrected chi connectivity index (χ0v) is 20.2. The van der Waals surface area contributed by atoms with Crippen molar-refractivity contribution in [2.45, 2.75) is 50.6 Å². The average molecular weight is 483 g/mol. The fourth-order valence-electron chi connectivity index (χ4n) is 5.54. The van der Waals surface area contributed by atoms with Gasteiger partial charge in [0.05, 0.1) is 11.4 Å². The van der Waals surface area contributed by atoms with Gasteiger partial charge in [-0.15, -0.1) is 0 Å². The first kappa shape index (κ1) is 22.7. The Morgan fingerprint density at radius 2 is 1.53 bits per heavy atom. The molecule has 2 fully saturated rings. The van der Waals surface area contributed by atoms with Crippen LogP contribution in [-0.4, -0.2) is 49.6 Å². The summed E-state index contributed by atoms with van der Waals surface area (Å²) in [5.74, 6) is 2.40. The molecule has 2 aromatic carbocycles. The molecule has 0 amide bonds. The standard InChI is InChI=1S/C28H30N6O2/c29-27-25-26(19-6-12-24(13-7-19)36-23-4-2-1-3-5-23)32-34(28(25)31-18-30-27)21-14-16-33(17-15-21)20-8-10-22(35)11-9-20/h1-7,12-13,18,20-21H,8-11,14-17H2,(H2,29,30,31). The summed E-state index contributed by atoms with van der Waals surface area (Å²) in [5, 5.41) is 5.83. The molecular formula is C28H30N6O2. The molecule has 1 saturated heterocycles. The quantitative estimate of drug-likeness (QED) is 0.426. The Balaban J connectivity index is 1.24. The van der Waals surface area contributed by atoms with Gasteiger partial charge in [0.2, 0.25) is 0 Å². The van der Waals surface area contributed by atoms with Crippen LogP contribution in [0.5, 0.6) is 11.5 Å².